The van der Waals surface area contributed by atoms with Crippen LogP contribution in [0, 0.1) is 0 Å². The van der Waals surface area contributed by atoms with Gasteiger partial charge in [0.05, 0.1) is 38.4 Å². The molecule has 0 bridgehead atoms. The van der Waals surface area contributed by atoms with Gasteiger partial charge in [-0.2, -0.15) is 0 Å². The molecular weight excluding hydrogens is 404 g/mol. The third-order valence-electron chi connectivity index (χ3n) is 4.53. The monoisotopic (exact) mass is 424 g/mol. The average molecular weight is 424 g/mol. The van der Waals surface area contributed by atoms with Gasteiger partial charge in [0.1, 0.15) is 11.5 Å². The molecular formula is C22H20N2O5S. The normalized spacial score (nSPS) is 10.7. The van der Waals surface area contributed by atoms with Crippen LogP contribution in [0.2, 0.25) is 0 Å². The number of benzene rings is 1. The van der Waals surface area contributed by atoms with Crippen LogP contribution in [0.25, 0.3) is 11.3 Å². The Morgan fingerprint density at radius 3 is 2.63 bits per heavy atom. The van der Waals surface area contributed by atoms with Crippen molar-refractivity contribution in [3.05, 3.63) is 76.5 Å². The number of aromatic nitrogens is 1. The van der Waals surface area contributed by atoms with Gasteiger partial charge >= 0.3 is 0 Å². The van der Waals surface area contributed by atoms with Crippen molar-refractivity contribution in [3.63, 3.8) is 0 Å². The Morgan fingerprint density at radius 1 is 1.07 bits per heavy atom. The first-order valence-electron chi connectivity index (χ1n) is 9.21. The van der Waals surface area contributed by atoms with E-state index in [4.69, 9.17) is 18.4 Å². The number of thiophene rings is 1. The lowest BCUT2D eigenvalue weighted by Gasteiger charge is -2.19. The molecule has 0 saturated carbocycles. The van der Waals surface area contributed by atoms with Crippen LogP contribution in [0.15, 0.2) is 69.1 Å². The highest BCUT2D eigenvalue weighted by molar-refractivity contribution is 7.12. The number of hydrogen-bond donors (Lipinski definition) is 0. The summed E-state index contributed by atoms with van der Waals surface area (Å²) in [5, 5.41) is 6.03. The summed E-state index contributed by atoms with van der Waals surface area (Å²) in [6.07, 6.45) is 1.59. The van der Waals surface area contributed by atoms with Gasteiger partial charge in [-0.05, 0) is 41.8 Å². The van der Waals surface area contributed by atoms with E-state index in [0.29, 0.717) is 40.1 Å². The van der Waals surface area contributed by atoms with Crippen LogP contribution in [0.1, 0.15) is 21.1 Å². The fraction of sp³-hybridized carbons (Fsp3) is 0.182. The minimum absolute atomic E-state index is 0.0860. The predicted octanol–water partition coefficient (Wildman–Crippen LogP) is 4.86. The van der Waals surface area contributed by atoms with Gasteiger partial charge in [0.25, 0.3) is 5.91 Å². The lowest BCUT2D eigenvalue weighted by atomic mass is 10.1. The van der Waals surface area contributed by atoms with Gasteiger partial charge in [0.2, 0.25) is 0 Å². The second-order valence-corrected chi connectivity index (χ2v) is 7.42. The highest BCUT2D eigenvalue weighted by Crippen LogP contribution is 2.32. The third kappa shape index (κ3) is 4.23. The number of amides is 1. The first-order valence-corrected chi connectivity index (χ1v) is 10.1. The third-order valence-corrected chi connectivity index (χ3v) is 5.38. The predicted molar refractivity (Wildman–Crippen MR) is 112 cm³/mol. The Hall–Kier alpha value is -3.52. The topological polar surface area (TPSA) is 77.9 Å². The van der Waals surface area contributed by atoms with Gasteiger partial charge in [0.15, 0.2) is 17.3 Å². The number of rotatable bonds is 8. The molecule has 0 fully saturated rings. The maximum atomic E-state index is 13.0. The van der Waals surface area contributed by atoms with Crippen LogP contribution in [0.5, 0.6) is 11.5 Å². The van der Waals surface area contributed by atoms with E-state index >= 15 is 0 Å². The molecule has 0 N–H and O–H groups in total. The molecule has 1 aromatic carbocycles. The van der Waals surface area contributed by atoms with Gasteiger partial charge in [-0.3, -0.25) is 4.79 Å². The first-order chi connectivity index (χ1) is 14.7. The number of carbonyl (C=O) groups is 1. The van der Waals surface area contributed by atoms with Crippen molar-refractivity contribution in [3.8, 4) is 22.8 Å². The van der Waals surface area contributed by atoms with E-state index in [0.717, 1.165) is 5.56 Å². The van der Waals surface area contributed by atoms with Gasteiger partial charge in [0, 0.05) is 11.6 Å². The van der Waals surface area contributed by atoms with Gasteiger partial charge in [-0.25, -0.2) is 0 Å². The summed E-state index contributed by atoms with van der Waals surface area (Å²) < 4.78 is 21.6. The van der Waals surface area contributed by atoms with Gasteiger partial charge in [-0.1, -0.05) is 11.2 Å². The molecule has 4 aromatic rings. The summed E-state index contributed by atoms with van der Waals surface area (Å²) >= 11 is 1.40. The quantitative estimate of drug-likeness (QED) is 0.402. The second kappa shape index (κ2) is 8.87. The van der Waals surface area contributed by atoms with Crippen molar-refractivity contribution in [2.75, 3.05) is 14.2 Å². The van der Waals surface area contributed by atoms with Crippen molar-refractivity contribution >= 4 is 17.2 Å². The van der Waals surface area contributed by atoms with Crippen molar-refractivity contribution in [2.24, 2.45) is 0 Å². The molecule has 0 unspecified atom stereocenters. The zero-order valence-corrected chi connectivity index (χ0v) is 17.3. The Labute approximate surface area is 177 Å². The number of carbonyl (C=O) groups excluding carboxylic acids is 1. The van der Waals surface area contributed by atoms with Crippen LogP contribution < -0.4 is 9.47 Å². The molecule has 7 nitrogen and oxygen atoms in total. The average Bonchev–Trinajstić information content (AvgIpc) is 3.55. The summed E-state index contributed by atoms with van der Waals surface area (Å²) in [5.74, 6) is 2.42. The molecule has 4 rings (SSSR count). The van der Waals surface area contributed by atoms with Crippen molar-refractivity contribution < 1.29 is 23.2 Å². The van der Waals surface area contributed by atoms with E-state index in [1.807, 2.05) is 35.7 Å². The van der Waals surface area contributed by atoms with E-state index in [1.54, 1.807) is 43.6 Å². The summed E-state index contributed by atoms with van der Waals surface area (Å²) in [4.78, 5) is 15.3. The maximum absolute atomic E-state index is 13.0. The molecule has 8 heteroatoms. The number of ether oxygens (including phenoxy) is 2. The van der Waals surface area contributed by atoms with Crippen LogP contribution in [-0.2, 0) is 13.1 Å². The summed E-state index contributed by atoms with van der Waals surface area (Å²) in [6.45, 7) is 0.622. The molecule has 0 saturated heterocycles. The smallest absolute Gasteiger partial charge is 0.264 e. The molecule has 3 heterocycles. The lowest BCUT2D eigenvalue weighted by Crippen LogP contribution is -2.29. The molecule has 154 valence electrons. The fourth-order valence-electron chi connectivity index (χ4n) is 3.05. The van der Waals surface area contributed by atoms with Crippen molar-refractivity contribution in [1.82, 2.24) is 10.1 Å². The minimum atomic E-state index is -0.0860. The van der Waals surface area contributed by atoms with E-state index in [9.17, 15) is 4.79 Å². The van der Waals surface area contributed by atoms with Crippen molar-refractivity contribution in [1.29, 1.82) is 0 Å². The Bertz CT molecular complexity index is 1100. The highest BCUT2D eigenvalue weighted by Gasteiger charge is 2.21. The Balaban J connectivity index is 1.57. The zero-order chi connectivity index (χ0) is 20.9. The van der Waals surface area contributed by atoms with Crippen LogP contribution in [0.4, 0.5) is 0 Å². The highest BCUT2D eigenvalue weighted by atomic mass is 32.1. The summed E-state index contributed by atoms with van der Waals surface area (Å²) in [7, 11) is 3.17. The fourth-order valence-corrected chi connectivity index (χ4v) is 3.74. The minimum Gasteiger partial charge on any atom is -0.493 e. The molecule has 30 heavy (non-hydrogen) atoms. The molecule has 0 spiro atoms. The van der Waals surface area contributed by atoms with Crippen molar-refractivity contribution in [2.45, 2.75) is 13.1 Å². The zero-order valence-electron chi connectivity index (χ0n) is 16.5. The maximum Gasteiger partial charge on any atom is 0.264 e. The van der Waals surface area contributed by atoms with Gasteiger partial charge in [-0.15, -0.1) is 11.3 Å². The standard InChI is InChI=1S/C22H20N2O5S/c1-26-18-8-7-15(11-20(18)27-2)19-12-16(23-29-19)13-24(14-17-5-3-9-28-17)22(25)21-6-4-10-30-21/h3-12H,13-14H2,1-2H3. The molecule has 0 atom stereocenters. The largest absolute Gasteiger partial charge is 0.493 e. The van der Waals surface area contributed by atoms with Crippen LogP contribution in [-0.4, -0.2) is 30.2 Å². The molecule has 3 aromatic heterocycles. The number of hydrogen-bond acceptors (Lipinski definition) is 7. The summed E-state index contributed by atoms with van der Waals surface area (Å²) in [6, 6.07) is 14.6. The summed E-state index contributed by atoms with van der Waals surface area (Å²) in [5.41, 5.74) is 1.44. The Morgan fingerprint density at radius 2 is 1.93 bits per heavy atom. The van der Waals surface area contributed by atoms with E-state index in [2.05, 4.69) is 5.16 Å². The Kier molecular flexibility index (Phi) is 5.85. The molecule has 0 aliphatic carbocycles. The molecule has 0 aliphatic rings. The molecule has 0 radical (unpaired) electrons. The van der Waals surface area contributed by atoms with E-state index in [-0.39, 0.29) is 12.5 Å². The van der Waals surface area contributed by atoms with Crippen LogP contribution in [0.3, 0.4) is 0 Å². The lowest BCUT2D eigenvalue weighted by molar-refractivity contribution is 0.0718. The second-order valence-electron chi connectivity index (χ2n) is 6.47. The van der Waals surface area contributed by atoms with Crippen LogP contribution >= 0.6 is 11.3 Å². The number of methoxy groups -OCH3 is 2. The van der Waals surface area contributed by atoms with E-state index in [1.165, 1.54) is 11.3 Å². The molecule has 1 amide bonds. The first kappa shape index (κ1) is 19.8. The van der Waals surface area contributed by atoms with Gasteiger partial charge < -0.3 is 23.3 Å². The number of furan rings is 1. The number of nitrogens with zero attached hydrogens (tertiary/aromatic N) is 2. The SMILES string of the molecule is COc1ccc(-c2cc(CN(Cc3ccco3)C(=O)c3cccs3)no2)cc1OC. The molecule has 0 aliphatic heterocycles. The van der Waals surface area contributed by atoms with E-state index < -0.39 is 0 Å².